The number of halogens is 1. The first-order valence-electron chi connectivity index (χ1n) is 9.65. The van der Waals surface area contributed by atoms with Gasteiger partial charge in [-0.05, 0) is 56.7 Å². The fourth-order valence-electron chi connectivity index (χ4n) is 4.14. The molecule has 142 valence electrons. The largest absolute Gasteiger partial charge is 0.466 e. The van der Waals surface area contributed by atoms with Gasteiger partial charge in [0.05, 0.1) is 23.1 Å². The zero-order valence-corrected chi connectivity index (χ0v) is 16.2. The van der Waals surface area contributed by atoms with Crippen molar-refractivity contribution in [2.24, 2.45) is 5.92 Å². The van der Waals surface area contributed by atoms with Crippen LogP contribution in [0.3, 0.4) is 0 Å². The Morgan fingerprint density at radius 2 is 2.15 bits per heavy atom. The molecular weight excluding hydrogens is 364 g/mol. The molecule has 1 saturated heterocycles. The number of carbonyl (C=O) groups is 2. The summed E-state index contributed by atoms with van der Waals surface area (Å²) in [6.45, 7) is 3.23. The summed E-state index contributed by atoms with van der Waals surface area (Å²) >= 11 is 6.56. The Hall–Kier alpha value is -2.14. The minimum atomic E-state index is -0.237. The van der Waals surface area contributed by atoms with Gasteiger partial charge in [0.1, 0.15) is 0 Å². The number of ether oxygens (including phenoxy) is 1. The molecule has 0 unspecified atom stereocenters. The van der Waals surface area contributed by atoms with Crippen LogP contribution in [0.4, 0.5) is 0 Å². The molecule has 1 atom stereocenters. The number of aryl methyl sites for hydroxylation is 1. The number of hydrogen-bond donors (Lipinski definition) is 0. The molecule has 27 heavy (non-hydrogen) atoms. The van der Waals surface area contributed by atoms with Gasteiger partial charge in [-0.15, -0.1) is 0 Å². The number of carbonyl (C=O) groups excluding carboxylic acids is 2. The van der Waals surface area contributed by atoms with E-state index in [1.54, 1.807) is 11.8 Å². The fraction of sp³-hybridized carbons (Fsp3) is 0.476. The Balaban J connectivity index is 1.59. The number of aromatic nitrogens is 1. The first kappa shape index (κ1) is 18.2. The molecular formula is C21H23ClN2O3. The van der Waals surface area contributed by atoms with Crippen molar-refractivity contribution in [3.8, 4) is 0 Å². The zero-order chi connectivity index (χ0) is 19.0. The molecule has 0 bridgehead atoms. The number of fused-ring (bicyclic) bond motifs is 2. The summed E-state index contributed by atoms with van der Waals surface area (Å²) in [6.07, 6.45) is 4.56. The molecule has 0 radical (unpaired) electrons. The molecule has 0 spiro atoms. The van der Waals surface area contributed by atoms with E-state index in [0.717, 1.165) is 59.3 Å². The Bertz CT molecular complexity index is 912. The van der Waals surface area contributed by atoms with Gasteiger partial charge in [-0.2, -0.15) is 0 Å². The van der Waals surface area contributed by atoms with Crippen LogP contribution < -0.4 is 0 Å². The van der Waals surface area contributed by atoms with Gasteiger partial charge in [-0.1, -0.05) is 17.7 Å². The van der Waals surface area contributed by atoms with E-state index in [1.165, 1.54) is 0 Å². The Morgan fingerprint density at radius 1 is 1.30 bits per heavy atom. The van der Waals surface area contributed by atoms with E-state index in [4.69, 9.17) is 21.3 Å². The number of likely N-dealkylation sites (tertiary alicyclic amines) is 1. The van der Waals surface area contributed by atoms with Crippen LogP contribution in [-0.2, 0) is 22.4 Å². The normalized spacial score (nSPS) is 19.2. The third kappa shape index (κ3) is 3.41. The van der Waals surface area contributed by atoms with Crippen molar-refractivity contribution in [1.29, 1.82) is 0 Å². The molecule has 1 aliphatic carbocycles. The Kier molecular flexibility index (Phi) is 5.04. The lowest BCUT2D eigenvalue weighted by molar-refractivity contribution is -0.149. The van der Waals surface area contributed by atoms with E-state index in [9.17, 15) is 9.59 Å². The summed E-state index contributed by atoms with van der Waals surface area (Å²) < 4.78 is 5.13. The summed E-state index contributed by atoms with van der Waals surface area (Å²) in [5, 5.41) is 1.67. The average molecular weight is 387 g/mol. The van der Waals surface area contributed by atoms with Crippen LogP contribution in [-0.4, -0.2) is 41.5 Å². The molecule has 2 aliphatic rings. The highest BCUT2D eigenvalue weighted by atomic mass is 35.5. The van der Waals surface area contributed by atoms with E-state index in [0.29, 0.717) is 25.3 Å². The number of rotatable bonds is 3. The molecule has 1 fully saturated rings. The monoisotopic (exact) mass is 386 g/mol. The van der Waals surface area contributed by atoms with Gasteiger partial charge in [0, 0.05) is 29.7 Å². The molecule has 0 N–H and O–H groups in total. The second-order valence-electron chi connectivity index (χ2n) is 7.28. The van der Waals surface area contributed by atoms with Gasteiger partial charge >= 0.3 is 5.97 Å². The van der Waals surface area contributed by atoms with Crippen LogP contribution >= 0.6 is 11.6 Å². The second kappa shape index (κ2) is 7.47. The SMILES string of the molecule is CCOC(=O)[C@@H]1CCCN(C(=O)c2ccc3c(Cl)c4c(nc3c2)CCC4)C1. The first-order chi connectivity index (χ1) is 13.1. The molecule has 5 nitrogen and oxygen atoms in total. The maximum atomic E-state index is 13.0. The van der Waals surface area contributed by atoms with Crippen molar-refractivity contribution in [2.45, 2.75) is 39.0 Å². The van der Waals surface area contributed by atoms with Crippen molar-refractivity contribution in [3.05, 3.63) is 40.0 Å². The summed E-state index contributed by atoms with van der Waals surface area (Å²) in [5.41, 5.74) is 3.56. The Labute approximate surface area is 163 Å². The first-order valence-corrected chi connectivity index (χ1v) is 10.0. The predicted octanol–water partition coefficient (Wildman–Crippen LogP) is 3.79. The van der Waals surface area contributed by atoms with E-state index >= 15 is 0 Å². The molecule has 1 amide bonds. The predicted molar refractivity (Wildman–Crippen MR) is 104 cm³/mol. The molecule has 4 rings (SSSR count). The molecule has 2 aromatic rings. The lowest BCUT2D eigenvalue weighted by Gasteiger charge is -2.31. The minimum absolute atomic E-state index is 0.0654. The highest BCUT2D eigenvalue weighted by molar-refractivity contribution is 6.36. The maximum absolute atomic E-state index is 13.0. The molecule has 0 saturated carbocycles. The van der Waals surface area contributed by atoms with Gasteiger partial charge in [0.25, 0.3) is 5.91 Å². The number of esters is 1. The van der Waals surface area contributed by atoms with Gasteiger partial charge in [-0.3, -0.25) is 14.6 Å². The minimum Gasteiger partial charge on any atom is -0.466 e. The van der Waals surface area contributed by atoms with Gasteiger partial charge in [0.15, 0.2) is 0 Å². The van der Waals surface area contributed by atoms with Crippen molar-refractivity contribution in [2.75, 3.05) is 19.7 Å². The molecule has 1 aliphatic heterocycles. The van der Waals surface area contributed by atoms with Crippen LogP contribution in [0, 0.1) is 5.92 Å². The average Bonchev–Trinajstić information content (AvgIpc) is 3.16. The van der Waals surface area contributed by atoms with Crippen molar-refractivity contribution in [1.82, 2.24) is 9.88 Å². The topological polar surface area (TPSA) is 59.5 Å². The van der Waals surface area contributed by atoms with Crippen molar-refractivity contribution in [3.63, 3.8) is 0 Å². The highest BCUT2D eigenvalue weighted by Gasteiger charge is 2.30. The van der Waals surface area contributed by atoms with Gasteiger partial charge in [-0.25, -0.2) is 0 Å². The van der Waals surface area contributed by atoms with Crippen molar-refractivity contribution < 1.29 is 14.3 Å². The second-order valence-corrected chi connectivity index (χ2v) is 7.66. The number of amides is 1. The van der Waals surface area contributed by atoms with Crippen LogP contribution in [0.25, 0.3) is 10.9 Å². The van der Waals surface area contributed by atoms with Gasteiger partial charge < -0.3 is 9.64 Å². The number of benzene rings is 1. The summed E-state index contributed by atoms with van der Waals surface area (Å²) in [6, 6.07) is 5.53. The van der Waals surface area contributed by atoms with E-state index < -0.39 is 0 Å². The molecule has 6 heteroatoms. The maximum Gasteiger partial charge on any atom is 0.310 e. The molecule has 2 heterocycles. The fourth-order valence-corrected chi connectivity index (χ4v) is 4.50. The summed E-state index contributed by atoms with van der Waals surface area (Å²) in [5.74, 6) is -0.513. The zero-order valence-electron chi connectivity index (χ0n) is 15.5. The summed E-state index contributed by atoms with van der Waals surface area (Å²) in [4.78, 5) is 31.5. The van der Waals surface area contributed by atoms with Crippen LogP contribution in [0.2, 0.25) is 5.02 Å². The van der Waals surface area contributed by atoms with E-state index in [1.807, 2.05) is 18.2 Å². The summed E-state index contributed by atoms with van der Waals surface area (Å²) in [7, 11) is 0. The third-order valence-corrected chi connectivity index (χ3v) is 5.95. The smallest absolute Gasteiger partial charge is 0.310 e. The quantitative estimate of drug-likeness (QED) is 0.753. The van der Waals surface area contributed by atoms with Crippen LogP contribution in [0.15, 0.2) is 18.2 Å². The van der Waals surface area contributed by atoms with E-state index in [2.05, 4.69) is 0 Å². The lowest BCUT2D eigenvalue weighted by atomic mass is 9.97. The Morgan fingerprint density at radius 3 is 2.96 bits per heavy atom. The highest BCUT2D eigenvalue weighted by Crippen LogP contribution is 2.34. The van der Waals surface area contributed by atoms with Crippen molar-refractivity contribution >= 4 is 34.4 Å². The number of piperidine rings is 1. The number of nitrogens with zero attached hydrogens (tertiary/aromatic N) is 2. The lowest BCUT2D eigenvalue weighted by Crippen LogP contribution is -2.42. The number of hydrogen-bond acceptors (Lipinski definition) is 4. The van der Waals surface area contributed by atoms with Crippen LogP contribution in [0.5, 0.6) is 0 Å². The third-order valence-electron chi connectivity index (χ3n) is 5.52. The molecule has 1 aromatic carbocycles. The number of pyridine rings is 1. The standard InChI is InChI=1S/C21H23ClN2O3/c1-2-27-21(26)14-5-4-10-24(12-14)20(25)13-8-9-16-18(11-13)23-17-7-3-6-15(17)19(16)22/h8-9,11,14H,2-7,10,12H2,1H3/t14-/m1/s1. The molecule has 1 aromatic heterocycles. The van der Waals surface area contributed by atoms with Gasteiger partial charge in [0.2, 0.25) is 0 Å². The van der Waals surface area contributed by atoms with Crippen LogP contribution in [0.1, 0.15) is 47.8 Å². The van der Waals surface area contributed by atoms with E-state index in [-0.39, 0.29) is 17.8 Å².